The van der Waals surface area contributed by atoms with Crippen LogP contribution in [0.4, 0.5) is 0 Å². The number of rotatable bonds is 5. The summed E-state index contributed by atoms with van der Waals surface area (Å²) in [5, 5.41) is 8.44. The highest BCUT2D eigenvalue weighted by atomic mass is 15.3. The molecule has 0 amide bonds. The molecule has 3 N–H and O–H groups in total. The lowest BCUT2D eigenvalue weighted by molar-refractivity contribution is 0.242. The Balaban J connectivity index is 1.25. The first-order valence-corrected chi connectivity index (χ1v) is 10.1. The largest absolute Gasteiger partial charge is 0.361 e. The fraction of sp³-hybridized carbons (Fsp3) is 0.571. The molecule has 1 aromatic carbocycles. The van der Waals surface area contributed by atoms with Crippen molar-refractivity contribution in [2.45, 2.75) is 50.6 Å². The van der Waals surface area contributed by atoms with Crippen molar-refractivity contribution in [3.05, 3.63) is 36.0 Å². The summed E-state index contributed by atoms with van der Waals surface area (Å²) < 4.78 is 0. The monoisotopic (exact) mass is 353 g/mol. The second-order valence-corrected chi connectivity index (χ2v) is 7.67. The molecule has 140 valence electrons. The van der Waals surface area contributed by atoms with Crippen LogP contribution in [-0.4, -0.2) is 54.6 Å². The van der Waals surface area contributed by atoms with E-state index in [9.17, 15) is 0 Å². The molecule has 0 spiro atoms. The first kappa shape index (κ1) is 17.4. The number of guanidine groups is 1. The van der Waals surface area contributed by atoms with Crippen LogP contribution in [0.5, 0.6) is 0 Å². The van der Waals surface area contributed by atoms with E-state index < -0.39 is 0 Å². The van der Waals surface area contributed by atoms with Crippen molar-refractivity contribution in [3.63, 3.8) is 0 Å². The maximum atomic E-state index is 4.42. The molecule has 26 heavy (non-hydrogen) atoms. The van der Waals surface area contributed by atoms with Gasteiger partial charge in [-0.15, -0.1) is 0 Å². The van der Waals surface area contributed by atoms with Crippen molar-refractivity contribution < 1.29 is 0 Å². The van der Waals surface area contributed by atoms with Crippen molar-refractivity contribution in [2.75, 3.05) is 26.7 Å². The van der Waals surface area contributed by atoms with Crippen LogP contribution in [0, 0.1) is 0 Å². The number of likely N-dealkylation sites (tertiary alicyclic amines) is 1. The minimum Gasteiger partial charge on any atom is -0.361 e. The van der Waals surface area contributed by atoms with Gasteiger partial charge in [0.1, 0.15) is 0 Å². The summed E-state index contributed by atoms with van der Waals surface area (Å²) >= 11 is 0. The maximum Gasteiger partial charge on any atom is 0.191 e. The van der Waals surface area contributed by atoms with Crippen molar-refractivity contribution in [1.82, 2.24) is 20.5 Å². The summed E-state index contributed by atoms with van der Waals surface area (Å²) in [6, 6.07) is 9.84. The van der Waals surface area contributed by atoms with E-state index in [1.165, 1.54) is 55.1 Å². The molecule has 2 aromatic rings. The van der Waals surface area contributed by atoms with E-state index in [0.29, 0.717) is 6.04 Å². The minimum absolute atomic E-state index is 0.523. The number of aliphatic imine (C=N–C) groups is 1. The molecule has 1 aliphatic heterocycles. The predicted molar refractivity (Wildman–Crippen MR) is 109 cm³/mol. The second-order valence-electron chi connectivity index (χ2n) is 7.67. The summed E-state index contributed by atoms with van der Waals surface area (Å²) in [5.74, 6) is 0.933. The zero-order chi connectivity index (χ0) is 17.8. The molecule has 0 radical (unpaired) electrons. The summed E-state index contributed by atoms with van der Waals surface area (Å²) in [6.45, 7) is 3.28. The summed E-state index contributed by atoms with van der Waals surface area (Å²) in [6.07, 6.45) is 9.95. The summed E-state index contributed by atoms with van der Waals surface area (Å²) in [5.41, 5.74) is 2.57. The number of nitrogens with zero attached hydrogens (tertiary/aromatic N) is 2. The van der Waals surface area contributed by atoms with E-state index in [2.05, 4.69) is 56.0 Å². The minimum atomic E-state index is 0.523. The highest BCUT2D eigenvalue weighted by Gasteiger charge is 2.30. The van der Waals surface area contributed by atoms with E-state index in [1.807, 2.05) is 7.05 Å². The third-order valence-corrected chi connectivity index (χ3v) is 5.99. The maximum absolute atomic E-state index is 4.42. The first-order valence-electron chi connectivity index (χ1n) is 10.1. The van der Waals surface area contributed by atoms with Crippen LogP contribution in [0.15, 0.2) is 35.5 Å². The first-order chi connectivity index (χ1) is 12.8. The lowest BCUT2D eigenvalue weighted by atomic mass is 10.1. The quantitative estimate of drug-likeness (QED) is 0.572. The number of benzene rings is 1. The van der Waals surface area contributed by atoms with Crippen molar-refractivity contribution >= 4 is 16.9 Å². The molecule has 2 heterocycles. The number of hydrogen-bond acceptors (Lipinski definition) is 2. The van der Waals surface area contributed by atoms with Crippen LogP contribution < -0.4 is 10.6 Å². The van der Waals surface area contributed by atoms with Gasteiger partial charge in [0.15, 0.2) is 5.96 Å². The lowest BCUT2D eigenvalue weighted by Crippen LogP contribution is -2.45. The highest BCUT2D eigenvalue weighted by Crippen LogP contribution is 2.26. The Labute approximate surface area is 156 Å². The molecular formula is C21H31N5. The Morgan fingerprint density at radius 3 is 2.92 bits per heavy atom. The number of nitrogens with one attached hydrogen (secondary N) is 3. The van der Waals surface area contributed by atoms with Gasteiger partial charge < -0.3 is 15.6 Å². The Bertz CT molecular complexity index is 744. The molecular weight excluding hydrogens is 322 g/mol. The summed E-state index contributed by atoms with van der Waals surface area (Å²) in [4.78, 5) is 10.5. The smallest absolute Gasteiger partial charge is 0.191 e. The van der Waals surface area contributed by atoms with Gasteiger partial charge in [0.25, 0.3) is 0 Å². The fourth-order valence-corrected chi connectivity index (χ4v) is 4.55. The number of hydrogen-bond donors (Lipinski definition) is 3. The normalized spacial score (nSPS) is 22.3. The summed E-state index contributed by atoms with van der Waals surface area (Å²) in [7, 11) is 1.87. The molecule has 1 atom stereocenters. The van der Waals surface area contributed by atoms with Gasteiger partial charge >= 0.3 is 0 Å². The van der Waals surface area contributed by atoms with Crippen molar-refractivity contribution in [3.8, 4) is 0 Å². The predicted octanol–water partition coefficient (Wildman–Crippen LogP) is 2.89. The molecule has 1 aromatic heterocycles. The molecule has 2 fully saturated rings. The third-order valence-electron chi connectivity index (χ3n) is 5.99. The average molecular weight is 354 g/mol. The highest BCUT2D eigenvalue weighted by molar-refractivity contribution is 5.83. The second kappa shape index (κ2) is 8.12. The van der Waals surface area contributed by atoms with Crippen molar-refractivity contribution in [2.24, 2.45) is 4.99 Å². The fourth-order valence-electron chi connectivity index (χ4n) is 4.55. The van der Waals surface area contributed by atoms with E-state index in [1.54, 1.807) is 0 Å². The number of aromatic amines is 1. The molecule has 1 unspecified atom stereocenters. The molecule has 5 nitrogen and oxygen atoms in total. The van der Waals surface area contributed by atoms with Crippen LogP contribution in [-0.2, 0) is 6.42 Å². The number of H-pyrrole nitrogens is 1. The van der Waals surface area contributed by atoms with Crippen LogP contribution in [0.3, 0.4) is 0 Å². The molecule has 1 aliphatic carbocycles. The van der Waals surface area contributed by atoms with Crippen molar-refractivity contribution in [1.29, 1.82) is 0 Å². The Morgan fingerprint density at radius 2 is 2.08 bits per heavy atom. The molecule has 4 rings (SSSR count). The number of para-hydroxylation sites is 1. The average Bonchev–Trinajstić information content (AvgIpc) is 3.41. The van der Waals surface area contributed by atoms with Gasteiger partial charge in [0.2, 0.25) is 0 Å². The Kier molecular flexibility index (Phi) is 5.44. The zero-order valence-corrected chi connectivity index (χ0v) is 15.8. The third kappa shape index (κ3) is 3.88. The zero-order valence-electron chi connectivity index (χ0n) is 15.8. The van der Waals surface area contributed by atoms with Crippen LogP contribution in [0.25, 0.3) is 10.9 Å². The lowest BCUT2D eigenvalue weighted by Gasteiger charge is -2.24. The van der Waals surface area contributed by atoms with Gasteiger partial charge in [0, 0.05) is 55.9 Å². The van der Waals surface area contributed by atoms with E-state index >= 15 is 0 Å². The van der Waals surface area contributed by atoms with Gasteiger partial charge in [-0.25, -0.2) is 0 Å². The Morgan fingerprint density at radius 1 is 1.23 bits per heavy atom. The molecule has 0 bridgehead atoms. The van der Waals surface area contributed by atoms with Gasteiger partial charge in [-0.05, 0) is 37.3 Å². The number of aromatic nitrogens is 1. The van der Waals surface area contributed by atoms with Crippen LogP contribution in [0.1, 0.15) is 37.7 Å². The molecule has 5 heteroatoms. The number of fused-ring (bicyclic) bond motifs is 1. The topological polar surface area (TPSA) is 55.5 Å². The Hall–Kier alpha value is -2.01. The SMILES string of the molecule is CN=C(NCCc1c[nH]c2ccccc12)NC1CCN(C2CCCC2)C1. The van der Waals surface area contributed by atoms with Crippen LogP contribution in [0.2, 0.25) is 0 Å². The van der Waals surface area contributed by atoms with E-state index in [0.717, 1.165) is 31.5 Å². The molecule has 2 aliphatic rings. The van der Waals surface area contributed by atoms with Gasteiger partial charge in [-0.1, -0.05) is 31.0 Å². The van der Waals surface area contributed by atoms with Crippen LogP contribution >= 0.6 is 0 Å². The van der Waals surface area contributed by atoms with Gasteiger partial charge in [0.05, 0.1) is 0 Å². The van der Waals surface area contributed by atoms with E-state index in [4.69, 9.17) is 0 Å². The standard InChI is InChI=1S/C21H31N5/c1-22-21(25-17-11-13-26(15-17)18-6-2-3-7-18)23-12-10-16-14-24-20-9-5-4-8-19(16)20/h4-5,8-9,14,17-18,24H,2-3,6-7,10-13,15H2,1H3,(H2,22,23,25). The van der Waals surface area contributed by atoms with Gasteiger partial charge in [-0.3, -0.25) is 9.89 Å². The molecule has 1 saturated carbocycles. The van der Waals surface area contributed by atoms with E-state index in [-0.39, 0.29) is 0 Å². The van der Waals surface area contributed by atoms with Gasteiger partial charge in [-0.2, -0.15) is 0 Å². The molecule has 1 saturated heterocycles.